The van der Waals surface area contributed by atoms with Gasteiger partial charge in [0.1, 0.15) is 22.3 Å². The maximum atomic E-state index is 7.62. The smallest absolute Gasteiger partial charge is 0.255 e. The molecule has 0 spiro atoms. The van der Waals surface area contributed by atoms with Crippen LogP contribution in [-0.4, -0.2) is 22.2 Å². The number of halogens is 1. The Kier molecular flexibility index (Phi) is 4.36. The van der Waals surface area contributed by atoms with E-state index in [1.165, 1.54) is 0 Å². The number of fused-ring (bicyclic) bond motifs is 1. The molecule has 0 amide bonds. The predicted molar refractivity (Wildman–Crippen MR) is 104 cm³/mol. The summed E-state index contributed by atoms with van der Waals surface area (Å²) in [5, 5.41) is 8.80. The van der Waals surface area contributed by atoms with E-state index in [9.17, 15) is 0 Å². The Balaban J connectivity index is 1.76. The van der Waals surface area contributed by atoms with Crippen LogP contribution >= 0.6 is 22.9 Å². The number of hydrogen-bond donors (Lipinski definition) is 0. The zero-order valence-corrected chi connectivity index (χ0v) is 15.3. The zero-order chi connectivity index (χ0) is 18.1. The molecule has 2 heterocycles. The van der Waals surface area contributed by atoms with Crippen molar-refractivity contribution < 1.29 is 14.6 Å². The summed E-state index contributed by atoms with van der Waals surface area (Å²) in [5.41, 5.74) is 1.63. The second-order valence-electron chi connectivity index (χ2n) is 5.47. The lowest BCUT2D eigenvalue weighted by Crippen LogP contribution is -1.90. The molecule has 0 bridgehead atoms. The Morgan fingerprint density at radius 2 is 1.96 bits per heavy atom. The van der Waals surface area contributed by atoms with Crippen LogP contribution in [0.4, 0.5) is 0 Å². The minimum Gasteiger partial charge on any atom is -0.593 e. The van der Waals surface area contributed by atoms with Crippen molar-refractivity contribution in [3.05, 3.63) is 59.9 Å². The van der Waals surface area contributed by atoms with Crippen molar-refractivity contribution in [3.8, 4) is 33.6 Å². The van der Waals surface area contributed by atoms with Gasteiger partial charge in [0.05, 0.1) is 34.0 Å². The Morgan fingerprint density at radius 3 is 2.77 bits per heavy atom. The van der Waals surface area contributed by atoms with Crippen molar-refractivity contribution in [1.29, 1.82) is 0 Å². The van der Waals surface area contributed by atoms with E-state index in [0.717, 1.165) is 26.5 Å². The molecule has 0 atom stereocenters. The minimum absolute atomic E-state index is 0.331. The Morgan fingerprint density at radius 1 is 1.08 bits per heavy atom. The van der Waals surface area contributed by atoms with Crippen molar-refractivity contribution in [1.82, 2.24) is 9.97 Å². The molecule has 0 radical (unpaired) electrons. The molecule has 0 aliphatic carbocycles. The van der Waals surface area contributed by atoms with E-state index in [1.54, 1.807) is 55.1 Å². The highest BCUT2D eigenvalue weighted by Gasteiger charge is 2.15. The van der Waals surface area contributed by atoms with Gasteiger partial charge in [-0.15, -0.1) is 11.3 Å². The number of ether oxygens (including phenoxy) is 2. The van der Waals surface area contributed by atoms with Crippen LogP contribution in [-0.2, 0) is 0 Å². The molecule has 0 aliphatic rings. The van der Waals surface area contributed by atoms with E-state index < -0.39 is 0 Å². The third-order valence-corrected chi connectivity index (χ3v) is 5.12. The molecule has 2 aromatic carbocycles. The SMILES string of the molecule is COc1ccc2sc(-c3cnccc3Oc3ccc([OH2+])cc3Cl)nc2c1. The molecule has 2 aromatic heterocycles. The van der Waals surface area contributed by atoms with Crippen LogP contribution in [0, 0.1) is 0 Å². The second kappa shape index (κ2) is 6.82. The molecule has 2 N–H and O–H groups in total. The average Bonchev–Trinajstić information content (AvgIpc) is 3.07. The summed E-state index contributed by atoms with van der Waals surface area (Å²) in [5.74, 6) is 2.18. The molecule has 7 heteroatoms. The maximum absolute atomic E-state index is 7.62. The summed E-state index contributed by atoms with van der Waals surface area (Å²) in [6, 6.07) is 12.4. The standard InChI is InChI=1S/C19H13ClN2O3S/c1-24-12-3-5-18-15(9-12)22-19(26-18)13-10-21-7-6-16(13)25-17-4-2-11(23)8-14(17)20/h2-10,23H,1H3/p+1. The summed E-state index contributed by atoms with van der Waals surface area (Å²) in [7, 11) is 1.63. The fourth-order valence-electron chi connectivity index (χ4n) is 2.48. The third-order valence-electron chi connectivity index (χ3n) is 3.76. The molecule has 0 unspecified atom stereocenters. The number of benzene rings is 2. The Bertz CT molecular complexity index is 1100. The molecule has 4 rings (SSSR count). The molecule has 130 valence electrons. The van der Waals surface area contributed by atoms with Gasteiger partial charge < -0.3 is 14.6 Å². The van der Waals surface area contributed by atoms with Crippen molar-refractivity contribution in [2.24, 2.45) is 0 Å². The topological polar surface area (TPSA) is 67.1 Å². The molecule has 0 aliphatic heterocycles. The fraction of sp³-hybridized carbons (Fsp3) is 0.0526. The van der Waals surface area contributed by atoms with Crippen molar-refractivity contribution in [2.45, 2.75) is 0 Å². The maximum Gasteiger partial charge on any atom is 0.255 e. The highest BCUT2D eigenvalue weighted by atomic mass is 35.5. The average molecular weight is 386 g/mol. The molecular weight excluding hydrogens is 372 g/mol. The molecule has 4 aromatic rings. The number of rotatable bonds is 4. The molecule has 5 nitrogen and oxygen atoms in total. The molecular formula is C19H14ClN2O3S+. The lowest BCUT2D eigenvalue weighted by atomic mass is 10.2. The van der Waals surface area contributed by atoms with Crippen LogP contribution in [0.25, 0.3) is 20.8 Å². The van der Waals surface area contributed by atoms with E-state index in [4.69, 9.17) is 26.2 Å². The van der Waals surface area contributed by atoms with Gasteiger partial charge in [-0.2, -0.15) is 0 Å². The van der Waals surface area contributed by atoms with Gasteiger partial charge in [-0.05, 0) is 24.3 Å². The first-order chi connectivity index (χ1) is 12.6. The number of aromatic nitrogens is 2. The Labute approximate surface area is 158 Å². The van der Waals surface area contributed by atoms with Gasteiger partial charge in [0.15, 0.2) is 0 Å². The number of thiazole rings is 1. The van der Waals surface area contributed by atoms with E-state index in [0.29, 0.717) is 22.3 Å². The number of nitrogens with zero attached hydrogens (tertiary/aromatic N) is 2. The van der Waals surface area contributed by atoms with Gasteiger partial charge in [0, 0.05) is 24.5 Å². The summed E-state index contributed by atoms with van der Waals surface area (Å²) >= 11 is 7.74. The van der Waals surface area contributed by atoms with E-state index >= 15 is 0 Å². The van der Waals surface area contributed by atoms with Gasteiger partial charge in [-0.3, -0.25) is 4.98 Å². The van der Waals surface area contributed by atoms with Crippen LogP contribution in [0.3, 0.4) is 0 Å². The van der Waals surface area contributed by atoms with Crippen LogP contribution < -0.4 is 9.47 Å². The monoisotopic (exact) mass is 385 g/mol. The molecule has 0 saturated heterocycles. The number of hydrogen-bond acceptors (Lipinski definition) is 5. The van der Waals surface area contributed by atoms with Crippen LogP contribution in [0.1, 0.15) is 0 Å². The highest BCUT2D eigenvalue weighted by Crippen LogP contribution is 2.39. The fourth-order valence-corrected chi connectivity index (χ4v) is 3.66. The number of pyridine rings is 1. The first kappa shape index (κ1) is 16.6. The van der Waals surface area contributed by atoms with Crippen LogP contribution in [0.5, 0.6) is 23.0 Å². The summed E-state index contributed by atoms with van der Waals surface area (Å²) in [4.78, 5) is 8.89. The normalized spacial score (nSPS) is 10.8. The van der Waals surface area contributed by atoms with Crippen molar-refractivity contribution >= 4 is 33.2 Å². The van der Waals surface area contributed by atoms with Crippen molar-refractivity contribution in [2.75, 3.05) is 7.11 Å². The van der Waals surface area contributed by atoms with Gasteiger partial charge in [-0.1, -0.05) is 11.6 Å². The zero-order valence-electron chi connectivity index (χ0n) is 13.7. The van der Waals surface area contributed by atoms with Crippen molar-refractivity contribution in [3.63, 3.8) is 0 Å². The Hall–Kier alpha value is -2.83. The number of methoxy groups -OCH3 is 1. The summed E-state index contributed by atoms with van der Waals surface area (Å²) < 4.78 is 12.3. The highest BCUT2D eigenvalue weighted by molar-refractivity contribution is 7.21. The van der Waals surface area contributed by atoms with Crippen LogP contribution in [0.2, 0.25) is 5.02 Å². The summed E-state index contributed by atoms with van der Waals surface area (Å²) in [6.07, 6.45) is 3.37. The van der Waals surface area contributed by atoms with Gasteiger partial charge in [0.25, 0.3) is 5.75 Å². The first-order valence-corrected chi connectivity index (χ1v) is 8.91. The lowest BCUT2D eigenvalue weighted by Gasteiger charge is -2.10. The molecule has 0 fully saturated rings. The second-order valence-corrected chi connectivity index (χ2v) is 6.91. The summed E-state index contributed by atoms with van der Waals surface area (Å²) in [6.45, 7) is 0. The predicted octanol–water partition coefficient (Wildman–Crippen LogP) is 5.25. The largest absolute Gasteiger partial charge is 0.593 e. The lowest BCUT2D eigenvalue weighted by molar-refractivity contribution is 0.415. The molecule has 26 heavy (non-hydrogen) atoms. The third kappa shape index (κ3) is 3.16. The quantitative estimate of drug-likeness (QED) is 0.450. The van der Waals surface area contributed by atoms with E-state index in [-0.39, 0.29) is 0 Å². The van der Waals surface area contributed by atoms with Crippen LogP contribution in [0.15, 0.2) is 54.9 Å². The van der Waals surface area contributed by atoms with Gasteiger partial charge >= 0.3 is 0 Å². The first-order valence-electron chi connectivity index (χ1n) is 7.72. The molecule has 0 saturated carbocycles. The van der Waals surface area contributed by atoms with Gasteiger partial charge in [0.2, 0.25) is 0 Å². The van der Waals surface area contributed by atoms with E-state index in [2.05, 4.69) is 9.97 Å². The van der Waals surface area contributed by atoms with Gasteiger partial charge in [-0.25, -0.2) is 4.98 Å². The minimum atomic E-state index is 0.331. The van der Waals surface area contributed by atoms with E-state index in [1.807, 2.05) is 18.2 Å².